The van der Waals surface area contributed by atoms with Gasteiger partial charge in [-0.1, -0.05) is 23.4 Å². The SMILES string of the molecule is CCc1ccc(NC(=S)[S-])cc1.[Mo]. The predicted molar refractivity (Wildman–Crippen MR) is 59.4 cm³/mol. The van der Waals surface area contributed by atoms with Gasteiger partial charge in [-0.05, 0) is 24.1 Å². The zero-order valence-electron chi connectivity index (χ0n) is 7.24. The molecule has 0 radical (unpaired) electrons. The summed E-state index contributed by atoms with van der Waals surface area (Å²) in [6.07, 6.45) is 1.05. The Morgan fingerprint density at radius 3 is 2.31 bits per heavy atom. The first-order valence-electron chi connectivity index (χ1n) is 3.79. The van der Waals surface area contributed by atoms with Gasteiger partial charge in [0.25, 0.3) is 0 Å². The van der Waals surface area contributed by atoms with Crippen molar-refractivity contribution in [1.29, 1.82) is 0 Å². The van der Waals surface area contributed by atoms with E-state index in [2.05, 4.69) is 24.4 Å². The van der Waals surface area contributed by atoms with E-state index in [0.717, 1.165) is 12.1 Å². The van der Waals surface area contributed by atoms with E-state index in [0.29, 0.717) is 4.32 Å². The quantitative estimate of drug-likeness (QED) is 0.511. The number of nitrogens with one attached hydrogen (secondary N) is 1. The molecule has 0 atom stereocenters. The summed E-state index contributed by atoms with van der Waals surface area (Å²) in [7, 11) is 0. The number of aryl methyl sites for hydroxylation is 1. The molecule has 0 aliphatic rings. The topological polar surface area (TPSA) is 12.0 Å². The second kappa shape index (κ2) is 6.47. The molecular formula is C9H10MoNS2-. The molecule has 0 bridgehead atoms. The van der Waals surface area contributed by atoms with Crippen molar-refractivity contribution >= 4 is 34.9 Å². The van der Waals surface area contributed by atoms with Gasteiger partial charge in [0.05, 0.1) is 0 Å². The molecule has 1 aromatic carbocycles. The average Bonchev–Trinajstić information content (AvgIpc) is 2.05. The second-order valence-corrected chi connectivity index (χ2v) is 3.54. The van der Waals surface area contributed by atoms with E-state index >= 15 is 0 Å². The maximum atomic E-state index is 4.74. The maximum absolute atomic E-state index is 4.74. The smallest absolute Gasteiger partial charge is 0.0371 e. The Labute approximate surface area is 104 Å². The molecule has 1 aromatic rings. The predicted octanol–water partition coefficient (Wildman–Crippen LogP) is 2.49. The number of benzene rings is 1. The molecule has 70 valence electrons. The van der Waals surface area contributed by atoms with Crippen molar-refractivity contribution in [2.75, 3.05) is 5.32 Å². The van der Waals surface area contributed by atoms with E-state index in [1.54, 1.807) is 0 Å². The average molecular weight is 292 g/mol. The van der Waals surface area contributed by atoms with Gasteiger partial charge in [-0.25, -0.2) is 0 Å². The first-order chi connectivity index (χ1) is 5.72. The molecule has 13 heavy (non-hydrogen) atoms. The number of rotatable bonds is 2. The monoisotopic (exact) mass is 294 g/mol. The minimum atomic E-state index is 0. The Bertz CT molecular complexity index is 271. The van der Waals surface area contributed by atoms with Gasteiger partial charge in [-0.2, -0.15) is 0 Å². The minimum absolute atomic E-state index is 0. The van der Waals surface area contributed by atoms with Crippen LogP contribution in [0, 0.1) is 0 Å². The summed E-state index contributed by atoms with van der Waals surface area (Å²) in [4.78, 5) is 0. The summed E-state index contributed by atoms with van der Waals surface area (Å²) in [5.74, 6) is 0. The van der Waals surface area contributed by atoms with Crippen LogP contribution in [-0.2, 0) is 40.1 Å². The van der Waals surface area contributed by atoms with Gasteiger partial charge in [0, 0.05) is 26.8 Å². The van der Waals surface area contributed by atoms with E-state index in [9.17, 15) is 0 Å². The molecule has 0 aliphatic heterocycles. The van der Waals surface area contributed by atoms with Crippen LogP contribution < -0.4 is 5.32 Å². The Morgan fingerprint density at radius 1 is 1.38 bits per heavy atom. The third-order valence-corrected chi connectivity index (χ3v) is 1.81. The summed E-state index contributed by atoms with van der Waals surface area (Å²) in [6.45, 7) is 2.13. The number of hydrogen-bond acceptors (Lipinski definition) is 2. The summed E-state index contributed by atoms with van der Waals surface area (Å²) in [5, 5.41) is 2.90. The summed E-state index contributed by atoms with van der Waals surface area (Å²) in [6, 6.07) is 8.10. The fraction of sp³-hybridized carbons (Fsp3) is 0.222. The molecule has 0 fully saturated rings. The van der Waals surface area contributed by atoms with E-state index < -0.39 is 0 Å². The fourth-order valence-corrected chi connectivity index (χ4v) is 1.18. The third kappa shape index (κ3) is 4.70. The second-order valence-electron chi connectivity index (χ2n) is 2.46. The molecule has 0 aromatic heterocycles. The van der Waals surface area contributed by atoms with Crippen molar-refractivity contribution in [2.24, 2.45) is 0 Å². The number of anilines is 1. The molecule has 4 heteroatoms. The van der Waals surface area contributed by atoms with Gasteiger partial charge >= 0.3 is 0 Å². The zero-order chi connectivity index (χ0) is 8.97. The Hall–Kier alpha value is 0.0183. The Kier molecular flexibility index (Phi) is 6.48. The van der Waals surface area contributed by atoms with Crippen molar-refractivity contribution in [3.63, 3.8) is 0 Å². The van der Waals surface area contributed by atoms with Gasteiger partial charge in [0.15, 0.2) is 0 Å². The molecular weight excluding hydrogens is 282 g/mol. The van der Waals surface area contributed by atoms with Crippen LogP contribution in [0.25, 0.3) is 0 Å². The molecule has 0 heterocycles. The van der Waals surface area contributed by atoms with E-state index in [4.69, 9.17) is 24.8 Å². The van der Waals surface area contributed by atoms with E-state index in [1.165, 1.54) is 5.56 Å². The molecule has 0 unspecified atom stereocenters. The Morgan fingerprint density at radius 2 is 1.92 bits per heavy atom. The molecule has 0 saturated heterocycles. The maximum Gasteiger partial charge on any atom is 0.0371 e. The van der Waals surface area contributed by atoms with Crippen molar-refractivity contribution in [2.45, 2.75) is 13.3 Å². The van der Waals surface area contributed by atoms with Crippen molar-refractivity contribution in [1.82, 2.24) is 0 Å². The van der Waals surface area contributed by atoms with Gasteiger partial charge in [0.2, 0.25) is 0 Å². The van der Waals surface area contributed by atoms with Gasteiger partial charge in [-0.3, -0.25) is 0 Å². The standard InChI is InChI=1S/C9H11NS2.Mo/c1-2-7-3-5-8(6-4-7)10-9(11)12;/h3-6H,2H2,1H3,(H2,10,11,12);/p-1. The van der Waals surface area contributed by atoms with E-state index in [-0.39, 0.29) is 21.1 Å². The summed E-state index contributed by atoms with van der Waals surface area (Å²) < 4.78 is 0.388. The fourth-order valence-electron chi connectivity index (χ4n) is 0.942. The van der Waals surface area contributed by atoms with Crippen LogP contribution in [0.3, 0.4) is 0 Å². The number of hydrogen-bond donors (Lipinski definition) is 1. The van der Waals surface area contributed by atoms with Crippen LogP contribution in [0.5, 0.6) is 0 Å². The minimum Gasteiger partial charge on any atom is -0.411 e. The molecule has 0 spiro atoms. The molecule has 1 N–H and O–H groups in total. The van der Waals surface area contributed by atoms with Crippen LogP contribution >= 0.6 is 12.2 Å². The van der Waals surface area contributed by atoms with Crippen LogP contribution in [0.15, 0.2) is 24.3 Å². The van der Waals surface area contributed by atoms with Crippen molar-refractivity contribution in [3.05, 3.63) is 29.8 Å². The van der Waals surface area contributed by atoms with E-state index in [1.807, 2.05) is 12.1 Å². The third-order valence-electron chi connectivity index (χ3n) is 1.61. The molecule has 1 rings (SSSR count). The molecule has 0 saturated carbocycles. The van der Waals surface area contributed by atoms with Crippen LogP contribution in [-0.4, -0.2) is 4.32 Å². The van der Waals surface area contributed by atoms with Crippen molar-refractivity contribution in [3.8, 4) is 0 Å². The van der Waals surface area contributed by atoms with Gasteiger partial charge in [-0.15, -0.1) is 0 Å². The van der Waals surface area contributed by atoms with Crippen LogP contribution in [0.2, 0.25) is 0 Å². The number of thiocarbonyl (C=S) groups is 1. The van der Waals surface area contributed by atoms with Crippen molar-refractivity contribution < 1.29 is 21.1 Å². The normalized spacial score (nSPS) is 8.69. The zero-order valence-corrected chi connectivity index (χ0v) is 10.9. The molecule has 0 aliphatic carbocycles. The van der Waals surface area contributed by atoms with Gasteiger partial charge < -0.3 is 30.2 Å². The Balaban J connectivity index is 0.00000144. The molecule has 0 amide bonds. The largest absolute Gasteiger partial charge is 0.411 e. The summed E-state index contributed by atoms with van der Waals surface area (Å²) in [5.41, 5.74) is 2.28. The van der Waals surface area contributed by atoms with Crippen LogP contribution in [0.4, 0.5) is 5.69 Å². The first kappa shape index (κ1) is 13.0. The first-order valence-corrected chi connectivity index (χ1v) is 4.61. The molecule has 1 nitrogen and oxygen atoms in total. The van der Waals surface area contributed by atoms with Gasteiger partial charge in [0.1, 0.15) is 0 Å². The van der Waals surface area contributed by atoms with Crippen LogP contribution in [0.1, 0.15) is 12.5 Å². The summed E-state index contributed by atoms with van der Waals surface area (Å²) >= 11 is 9.48.